The maximum atomic E-state index is 2.41. The third-order valence-electron chi connectivity index (χ3n) is 12.7. The fraction of sp³-hybridized carbons (Fsp3) is 0. The molecule has 0 aliphatic heterocycles. The molecule has 64 heavy (non-hydrogen) atoms. The first-order chi connectivity index (χ1) is 31.7. The van der Waals surface area contributed by atoms with Crippen LogP contribution in [0.15, 0.2) is 255 Å². The van der Waals surface area contributed by atoms with Crippen LogP contribution < -0.4 is 4.90 Å². The van der Waals surface area contributed by atoms with Gasteiger partial charge >= 0.3 is 0 Å². The second-order valence-electron chi connectivity index (χ2n) is 16.6. The lowest BCUT2D eigenvalue weighted by molar-refractivity contribution is 1.18. The van der Waals surface area contributed by atoms with E-state index in [4.69, 9.17) is 0 Å². The Morgan fingerprint density at radius 3 is 1.38 bits per heavy atom. The summed E-state index contributed by atoms with van der Waals surface area (Å²) in [6.07, 6.45) is 0. The molecule has 0 amide bonds. The summed E-state index contributed by atoms with van der Waals surface area (Å²) in [5, 5.41) is 7.45. The number of rotatable bonds is 8. The predicted molar refractivity (Wildman–Crippen MR) is 272 cm³/mol. The summed E-state index contributed by atoms with van der Waals surface area (Å²) in [6.45, 7) is 0. The smallest absolute Gasteiger partial charge is 0.0547 e. The van der Waals surface area contributed by atoms with Crippen LogP contribution in [0.25, 0.3) is 93.5 Å². The monoisotopic (exact) mass is 814 g/mol. The van der Waals surface area contributed by atoms with E-state index < -0.39 is 0 Å². The molecule has 0 atom stereocenters. The summed E-state index contributed by atoms with van der Waals surface area (Å²) >= 11 is 0. The summed E-state index contributed by atoms with van der Waals surface area (Å²) in [4.78, 5) is 2.39. The van der Waals surface area contributed by atoms with E-state index in [-0.39, 0.29) is 0 Å². The number of hydrogen-bond acceptors (Lipinski definition) is 1. The van der Waals surface area contributed by atoms with Crippen LogP contribution in [-0.4, -0.2) is 4.57 Å². The highest BCUT2D eigenvalue weighted by molar-refractivity contribution is 6.16. The zero-order chi connectivity index (χ0) is 42.4. The summed E-state index contributed by atoms with van der Waals surface area (Å²) in [5.74, 6) is 0. The molecule has 1 heterocycles. The van der Waals surface area contributed by atoms with Crippen LogP contribution in [0.2, 0.25) is 0 Å². The molecule has 12 rings (SSSR count). The van der Waals surface area contributed by atoms with E-state index in [0.29, 0.717) is 0 Å². The van der Waals surface area contributed by atoms with Gasteiger partial charge in [0.05, 0.1) is 11.0 Å². The minimum atomic E-state index is 1.09. The van der Waals surface area contributed by atoms with Crippen LogP contribution >= 0.6 is 0 Å². The highest BCUT2D eigenvalue weighted by Crippen LogP contribution is 2.43. The number of benzene rings is 11. The van der Waals surface area contributed by atoms with Crippen LogP contribution in [0.1, 0.15) is 0 Å². The van der Waals surface area contributed by atoms with Crippen molar-refractivity contribution in [1.29, 1.82) is 0 Å². The Morgan fingerprint density at radius 2 is 0.750 bits per heavy atom. The fourth-order valence-electron chi connectivity index (χ4n) is 9.58. The van der Waals surface area contributed by atoms with Gasteiger partial charge in [-0.05, 0) is 145 Å². The predicted octanol–water partition coefficient (Wildman–Crippen LogP) is 17.2. The highest BCUT2D eigenvalue weighted by atomic mass is 15.1. The van der Waals surface area contributed by atoms with Crippen LogP contribution in [-0.2, 0) is 0 Å². The van der Waals surface area contributed by atoms with Gasteiger partial charge in [-0.25, -0.2) is 0 Å². The van der Waals surface area contributed by atoms with Crippen LogP contribution in [0, 0.1) is 0 Å². The van der Waals surface area contributed by atoms with Crippen molar-refractivity contribution in [1.82, 2.24) is 4.57 Å². The molecule has 12 aromatic rings. The molecule has 0 N–H and O–H groups in total. The van der Waals surface area contributed by atoms with Gasteiger partial charge in [0.1, 0.15) is 0 Å². The Labute approximate surface area is 373 Å². The minimum absolute atomic E-state index is 1.09. The molecule has 2 heteroatoms. The maximum absolute atomic E-state index is 2.41. The fourth-order valence-corrected chi connectivity index (χ4v) is 9.58. The number of para-hydroxylation sites is 1. The van der Waals surface area contributed by atoms with Crippen molar-refractivity contribution in [2.75, 3.05) is 4.90 Å². The molecule has 11 aromatic carbocycles. The first-order valence-electron chi connectivity index (χ1n) is 22.0. The lowest BCUT2D eigenvalue weighted by Gasteiger charge is -2.26. The summed E-state index contributed by atoms with van der Waals surface area (Å²) in [6, 6.07) is 92.8. The standard InChI is InChI=1S/C62H42N2/c1-3-13-43(14-4-1)52-33-38-60-59(42-52)62-58(23-12-24-61(62)64(60)54-20-5-2-6-21-54)53-19-11-22-57(41-53)63(55-34-29-46(30-35-55)50-27-25-44-15-7-9-17-48(44)39-50)56-36-31-47(32-37-56)51-28-26-45-16-8-10-18-49(45)40-51/h1-42H. The Morgan fingerprint density at radius 1 is 0.266 bits per heavy atom. The van der Waals surface area contributed by atoms with E-state index in [1.54, 1.807) is 0 Å². The molecule has 0 saturated heterocycles. The quantitative estimate of drug-likeness (QED) is 0.148. The van der Waals surface area contributed by atoms with Crippen molar-refractivity contribution in [2.45, 2.75) is 0 Å². The molecule has 0 unspecified atom stereocenters. The summed E-state index contributed by atoms with van der Waals surface area (Å²) in [7, 11) is 0. The molecule has 0 aliphatic carbocycles. The van der Waals surface area contributed by atoms with Crippen molar-refractivity contribution in [3.8, 4) is 50.2 Å². The number of anilines is 3. The van der Waals surface area contributed by atoms with Crippen LogP contribution in [0.3, 0.4) is 0 Å². The van der Waals surface area contributed by atoms with Crippen molar-refractivity contribution in [2.24, 2.45) is 0 Å². The zero-order valence-corrected chi connectivity index (χ0v) is 35.1. The van der Waals surface area contributed by atoms with Gasteiger partial charge in [-0.1, -0.05) is 176 Å². The normalized spacial score (nSPS) is 11.4. The Kier molecular flexibility index (Phi) is 9.20. The van der Waals surface area contributed by atoms with E-state index in [2.05, 4.69) is 264 Å². The highest BCUT2D eigenvalue weighted by Gasteiger charge is 2.19. The van der Waals surface area contributed by atoms with E-state index in [0.717, 1.165) is 28.3 Å². The number of nitrogens with zero attached hydrogens (tertiary/aromatic N) is 2. The minimum Gasteiger partial charge on any atom is -0.310 e. The molecule has 1 aromatic heterocycles. The molecule has 0 bridgehead atoms. The second-order valence-corrected chi connectivity index (χ2v) is 16.6. The van der Waals surface area contributed by atoms with Crippen molar-refractivity contribution >= 4 is 60.4 Å². The van der Waals surface area contributed by atoms with Crippen molar-refractivity contribution in [3.63, 3.8) is 0 Å². The molecule has 2 nitrogen and oxygen atoms in total. The summed E-state index contributed by atoms with van der Waals surface area (Å²) < 4.78 is 2.41. The average Bonchev–Trinajstić information content (AvgIpc) is 3.71. The Bertz CT molecular complexity index is 3520. The summed E-state index contributed by atoms with van der Waals surface area (Å²) in [5.41, 5.74) is 16.3. The Hall–Kier alpha value is -8.46. The SMILES string of the molecule is c1ccc(-c2ccc3c(c2)c2c(-c4cccc(N(c5ccc(-c6ccc7ccccc7c6)cc5)c5ccc(-c6ccc7ccccc7c6)cc5)c4)cccc2n3-c2ccccc2)cc1. The average molecular weight is 815 g/mol. The molecular formula is C62H42N2. The van der Waals surface area contributed by atoms with Gasteiger partial charge in [0.2, 0.25) is 0 Å². The number of aromatic nitrogens is 1. The van der Waals surface area contributed by atoms with Crippen LogP contribution in [0.5, 0.6) is 0 Å². The lowest BCUT2D eigenvalue weighted by Crippen LogP contribution is -2.10. The van der Waals surface area contributed by atoms with E-state index in [9.17, 15) is 0 Å². The third-order valence-corrected chi connectivity index (χ3v) is 12.7. The molecular weight excluding hydrogens is 773 g/mol. The van der Waals surface area contributed by atoms with Crippen molar-refractivity contribution < 1.29 is 0 Å². The topological polar surface area (TPSA) is 8.17 Å². The Balaban J connectivity index is 1.00. The van der Waals surface area contributed by atoms with E-state index >= 15 is 0 Å². The number of hydrogen-bond donors (Lipinski definition) is 0. The van der Waals surface area contributed by atoms with Crippen molar-refractivity contribution in [3.05, 3.63) is 255 Å². The van der Waals surface area contributed by atoms with Gasteiger partial charge in [-0.3, -0.25) is 0 Å². The van der Waals surface area contributed by atoms with Gasteiger partial charge in [0.15, 0.2) is 0 Å². The van der Waals surface area contributed by atoms with E-state index in [1.807, 2.05) is 0 Å². The largest absolute Gasteiger partial charge is 0.310 e. The van der Waals surface area contributed by atoms with Gasteiger partial charge in [-0.2, -0.15) is 0 Å². The van der Waals surface area contributed by atoms with Gasteiger partial charge in [0, 0.05) is 33.5 Å². The van der Waals surface area contributed by atoms with Crippen LogP contribution in [0.4, 0.5) is 17.1 Å². The lowest BCUT2D eigenvalue weighted by atomic mass is 9.96. The molecule has 0 aliphatic rings. The van der Waals surface area contributed by atoms with E-state index in [1.165, 1.54) is 82.3 Å². The molecule has 300 valence electrons. The zero-order valence-electron chi connectivity index (χ0n) is 35.1. The maximum Gasteiger partial charge on any atom is 0.0547 e. The van der Waals surface area contributed by atoms with Gasteiger partial charge in [-0.15, -0.1) is 0 Å². The molecule has 0 spiro atoms. The first-order valence-corrected chi connectivity index (χ1v) is 22.0. The van der Waals surface area contributed by atoms with Gasteiger partial charge < -0.3 is 9.47 Å². The van der Waals surface area contributed by atoms with Gasteiger partial charge in [0.25, 0.3) is 0 Å². The first kappa shape index (κ1) is 37.3. The number of fused-ring (bicyclic) bond motifs is 5. The molecule has 0 radical (unpaired) electrons. The molecule has 0 saturated carbocycles. The molecule has 0 fully saturated rings. The third kappa shape index (κ3) is 6.70. The second kappa shape index (κ2) is 15.8.